The monoisotopic (exact) mass is 284 g/mol. The van der Waals surface area contributed by atoms with Crippen LogP contribution in [0.15, 0.2) is 0 Å². The van der Waals surface area contributed by atoms with E-state index in [1.54, 1.807) is 0 Å². The first-order chi connectivity index (χ1) is 9.53. The number of carboxylic acid groups (broad SMARTS) is 1. The van der Waals surface area contributed by atoms with Gasteiger partial charge in [0.15, 0.2) is 0 Å². The minimum atomic E-state index is -0.840. The zero-order valence-corrected chi connectivity index (χ0v) is 12.7. The van der Waals surface area contributed by atoms with E-state index in [0.29, 0.717) is 13.0 Å². The average Bonchev–Trinajstić information content (AvgIpc) is 2.90. The maximum absolute atomic E-state index is 11.8. The Balaban J connectivity index is 2.30. The summed E-state index contributed by atoms with van der Waals surface area (Å²) in [7, 11) is 0. The maximum atomic E-state index is 11.8. The molecular formula is C15H28N2O3. The van der Waals surface area contributed by atoms with Crippen molar-refractivity contribution in [2.24, 2.45) is 11.3 Å². The van der Waals surface area contributed by atoms with Crippen LogP contribution in [0.25, 0.3) is 0 Å². The number of amides is 2. The molecule has 116 valence electrons. The Morgan fingerprint density at radius 2 is 1.85 bits per heavy atom. The van der Waals surface area contributed by atoms with Gasteiger partial charge in [-0.05, 0) is 31.1 Å². The Kier molecular flexibility index (Phi) is 6.82. The van der Waals surface area contributed by atoms with Crippen LogP contribution in [0, 0.1) is 11.3 Å². The van der Waals surface area contributed by atoms with Gasteiger partial charge in [-0.1, -0.05) is 33.1 Å². The third-order valence-electron chi connectivity index (χ3n) is 4.53. The zero-order chi connectivity index (χ0) is 15.0. The molecule has 3 N–H and O–H groups in total. The molecule has 0 aromatic rings. The third-order valence-corrected chi connectivity index (χ3v) is 4.53. The molecule has 0 aromatic heterocycles. The maximum Gasteiger partial charge on any atom is 0.314 e. The summed E-state index contributed by atoms with van der Waals surface area (Å²) in [5.41, 5.74) is 0.257. The lowest BCUT2D eigenvalue weighted by Crippen LogP contribution is -2.44. The van der Waals surface area contributed by atoms with Crippen LogP contribution in [0.2, 0.25) is 0 Å². The van der Waals surface area contributed by atoms with Crippen molar-refractivity contribution in [1.82, 2.24) is 10.6 Å². The summed E-state index contributed by atoms with van der Waals surface area (Å²) in [6, 6.07) is -0.243. The van der Waals surface area contributed by atoms with E-state index in [9.17, 15) is 9.59 Å². The van der Waals surface area contributed by atoms with E-state index in [2.05, 4.69) is 17.6 Å². The molecule has 0 heterocycles. The van der Waals surface area contributed by atoms with Crippen LogP contribution >= 0.6 is 0 Å². The molecule has 1 saturated carbocycles. The fourth-order valence-corrected chi connectivity index (χ4v) is 2.99. The summed E-state index contributed by atoms with van der Waals surface area (Å²) >= 11 is 0. The summed E-state index contributed by atoms with van der Waals surface area (Å²) in [4.78, 5) is 22.8. The normalized spacial score (nSPS) is 18.5. The van der Waals surface area contributed by atoms with Crippen LogP contribution < -0.4 is 10.6 Å². The SMILES string of the molecule is CCCC(CNC(=O)NCC1(CC)CCCC1)C(=O)O. The largest absolute Gasteiger partial charge is 0.481 e. The van der Waals surface area contributed by atoms with Crippen molar-refractivity contribution in [3.8, 4) is 0 Å². The zero-order valence-electron chi connectivity index (χ0n) is 12.7. The molecule has 0 spiro atoms. The summed E-state index contributed by atoms with van der Waals surface area (Å²) in [5, 5.41) is 14.6. The first-order valence-electron chi connectivity index (χ1n) is 7.77. The number of rotatable bonds is 8. The molecule has 1 aliphatic carbocycles. The number of hydrogen-bond acceptors (Lipinski definition) is 2. The molecule has 2 amide bonds. The molecule has 0 aromatic carbocycles. The predicted octanol–water partition coefficient (Wildman–Crippen LogP) is 2.76. The second-order valence-electron chi connectivity index (χ2n) is 5.95. The Labute approximate surface area is 121 Å². The molecule has 0 saturated heterocycles. The number of urea groups is 1. The van der Waals surface area contributed by atoms with Gasteiger partial charge in [0.25, 0.3) is 0 Å². The molecule has 0 aliphatic heterocycles. The van der Waals surface area contributed by atoms with Gasteiger partial charge in [0.05, 0.1) is 5.92 Å². The molecule has 0 radical (unpaired) electrons. The van der Waals surface area contributed by atoms with Gasteiger partial charge < -0.3 is 15.7 Å². The van der Waals surface area contributed by atoms with Gasteiger partial charge in [0, 0.05) is 13.1 Å². The van der Waals surface area contributed by atoms with Crippen molar-refractivity contribution in [3.63, 3.8) is 0 Å². The number of carbonyl (C=O) groups excluding carboxylic acids is 1. The van der Waals surface area contributed by atoms with E-state index >= 15 is 0 Å². The van der Waals surface area contributed by atoms with Crippen LogP contribution in [0.3, 0.4) is 0 Å². The summed E-state index contributed by atoms with van der Waals surface area (Å²) < 4.78 is 0. The topological polar surface area (TPSA) is 78.4 Å². The third kappa shape index (κ3) is 5.02. The highest BCUT2D eigenvalue weighted by Gasteiger charge is 2.32. The minimum Gasteiger partial charge on any atom is -0.481 e. The van der Waals surface area contributed by atoms with Crippen molar-refractivity contribution in [2.45, 2.75) is 58.8 Å². The summed E-state index contributed by atoms with van der Waals surface area (Å²) in [6.45, 7) is 5.02. The highest BCUT2D eigenvalue weighted by Crippen LogP contribution is 2.40. The number of nitrogens with one attached hydrogen (secondary N) is 2. The van der Waals surface area contributed by atoms with Crippen molar-refractivity contribution in [2.75, 3.05) is 13.1 Å². The van der Waals surface area contributed by atoms with Gasteiger partial charge in [0.1, 0.15) is 0 Å². The van der Waals surface area contributed by atoms with E-state index in [-0.39, 0.29) is 18.0 Å². The fourth-order valence-electron chi connectivity index (χ4n) is 2.99. The number of carboxylic acids is 1. The molecule has 1 rings (SSSR count). The summed E-state index contributed by atoms with van der Waals surface area (Å²) in [6.07, 6.45) is 7.33. The molecule has 5 nitrogen and oxygen atoms in total. The first kappa shape index (κ1) is 16.8. The molecule has 1 aliphatic rings. The molecule has 1 unspecified atom stereocenters. The smallest absolute Gasteiger partial charge is 0.314 e. The second-order valence-corrected chi connectivity index (χ2v) is 5.95. The quantitative estimate of drug-likeness (QED) is 0.641. The van der Waals surface area contributed by atoms with Crippen LogP contribution in [-0.4, -0.2) is 30.2 Å². The van der Waals surface area contributed by atoms with Crippen LogP contribution in [0.4, 0.5) is 4.79 Å². The van der Waals surface area contributed by atoms with Crippen molar-refractivity contribution >= 4 is 12.0 Å². The van der Waals surface area contributed by atoms with Crippen LogP contribution in [-0.2, 0) is 4.79 Å². The molecule has 5 heteroatoms. The Hall–Kier alpha value is -1.26. The highest BCUT2D eigenvalue weighted by molar-refractivity contribution is 5.75. The standard InChI is InChI=1S/C15H28N2O3/c1-3-7-12(13(18)19)10-16-14(20)17-11-15(4-2)8-5-6-9-15/h12H,3-11H2,1-2H3,(H,18,19)(H2,16,17,20). The number of hydrogen-bond donors (Lipinski definition) is 3. The molecular weight excluding hydrogens is 256 g/mol. The first-order valence-corrected chi connectivity index (χ1v) is 7.77. The van der Waals surface area contributed by atoms with Crippen molar-refractivity contribution in [3.05, 3.63) is 0 Å². The fraction of sp³-hybridized carbons (Fsp3) is 0.867. The Bertz CT molecular complexity index is 325. The second kappa shape index (κ2) is 8.12. The lowest BCUT2D eigenvalue weighted by Gasteiger charge is -2.27. The number of aliphatic carboxylic acids is 1. The highest BCUT2D eigenvalue weighted by atomic mass is 16.4. The predicted molar refractivity (Wildman–Crippen MR) is 78.6 cm³/mol. The van der Waals surface area contributed by atoms with E-state index < -0.39 is 11.9 Å². The van der Waals surface area contributed by atoms with Gasteiger partial charge >= 0.3 is 12.0 Å². The van der Waals surface area contributed by atoms with E-state index in [0.717, 1.165) is 12.8 Å². The van der Waals surface area contributed by atoms with E-state index in [1.165, 1.54) is 25.7 Å². The van der Waals surface area contributed by atoms with Gasteiger partial charge in [-0.3, -0.25) is 4.79 Å². The molecule has 1 atom stereocenters. The number of carbonyl (C=O) groups is 2. The van der Waals surface area contributed by atoms with Crippen molar-refractivity contribution < 1.29 is 14.7 Å². The van der Waals surface area contributed by atoms with E-state index in [4.69, 9.17) is 5.11 Å². The van der Waals surface area contributed by atoms with Gasteiger partial charge in [-0.15, -0.1) is 0 Å². The molecule has 20 heavy (non-hydrogen) atoms. The van der Waals surface area contributed by atoms with E-state index in [1.807, 2.05) is 6.92 Å². The van der Waals surface area contributed by atoms with Gasteiger partial charge in [0.2, 0.25) is 0 Å². The van der Waals surface area contributed by atoms with Gasteiger partial charge in [-0.2, -0.15) is 0 Å². The lowest BCUT2D eigenvalue weighted by atomic mass is 9.83. The summed E-state index contributed by atoms with van der Waals surface area (Å²) in [5.74, 6) is -1.33. The lowest BCUT2D eigenvalue weighted by molar-refractivity contribution is -0.141. The minimum absolute atomic E-state index is 0.203. The Morgan fingerprint density at radius 1 is 1.20 bits per heavy atom. The van der Waals surface area contributed by atoms with Crippen LogP contribution in [0.1, 0.15) is 58.8 Å². The van der Waals surface area contributed by atoms with Crippen molar-refractivity contribution in [1.29, 1.82) is 0 Å². The molecule has 1 fully saturated rings. The Morgan fingerprint density at radius 3 is 2.35 bits per heavy atom. The molecule has 0 bridgehead atoms. The van der Waals surface area contributed by atoms with Gasteiger partial charge in [-0.25, -0.2) is 4.79 Å². The average molecular weight is 284 g/mol. The van der Waals surface area contributed by atoms with Crippen LogP contribution in [0.5, 0.6) is 0 Å².